The lowest BCUT2D eigenvalue weighted by atomic mass is 10.1. The predicted molar refractivity (Wildman–Crippen MR) is 107 cm³/mol. The molecule has 120 valence electrons. The van der Waals surface area contributed by atoms with Gasteiger partial charge < -0.3 is 11.1 Å². The van der Waals surface area contributed by atoms with E-state index in [1.54, 1.807) is 11.3 Å². The number of aromatic nitrogens is 1. The van der Waals surface area contributed by atoms with E-state index in [1.807, 2.05) is 6.20 Å². The number of rotatable bonds is 5. The van der Waals surface area contributed by atoms with Crippen LogP contribution in [0.4, 0.5) is 5.69 Å². The van der Waals surface area contributed by atoms with Crippen LogP contribution in [0.3, 0.4) is 0 Å². The van der Waals surface area contributed by atoms with E-state index in [4.69, 9.17) is 5.73 Å². The number of halogens is 1. The fourth-order valence-electron chi connectivity index (χ4n) is 2.13. The van der Waals surface area contributed by atoms with E-state index >= 15 is 0 Å². The second kappa shape index (κ2) is 9.09. The Bertz CT molecular complexity index is 617. The quantitative estimate of drug-likeness (QED) is 0.430. The molecule has 0 amide bonds. The van der Waals surface area contributed by atoms with Crippen molar-refractivity contribution in [3.63, 3.8) is 0 Å². The third-order valence-corrected chi connectivity index (χ3v) is 4.25. The topological polar surface area (TPSA) is 63.3 Å². The lowest BCUT2D eigenvalue weighted by Crippen LogP contribution is -2.23. The van der Waals surface area contributed by atoms with Crippen LogP contribution in [0.5, 0.6) is 0 Å². The van der Waals surface area contributed by atoms with Crippen molar-refractivity contribution in [2.24, 2.45) is 10.7 Å². The maximum absolute atomic E-state index is 5.92. The van der Waals surface area contributed by atoms with Gasteiger partial charge in [0.25, 0.3) is 0 Å². The smallest absolute Gasteiger partial charge is 0.193 e. The standard InChI is InChI=1S/C16H22N4S.HI/c1-4-14-10-19-15(21-14)5-6-18-16(17)20-13-8-11(2)7-12(3)9-13;/h7-10H,4-6H2,1-3H3,(H3,17,18,20);1H. The zero-order valence-electron chi connectivity index (χ0n) is 13.2. The molecule has 2 aromatic rings. The summed E-state index contributed by atoms with van der Waals surface area (Å²) in [6, 6.07) is 6.25. The Morgan fingerprint density at radius 2 is 1.95 bits per heavy atom. The van der Waals surface area contributed by atoms with E-state index in [-0.39, 0.29) is 24.0 Å². The number of anilines is 1. The Balaban J connectivity index is 0.00000242. The zero-order chi connectivity index (χ0) is 15.2. The Morgan fingerprint density at radius 3 is 2.55 bits per heavy atom. The Morgan fingerprint density at radius 1 is 1.27 bits per heavy atom. The van der Waals surface area contributed by atoms with E-state index in [9.17, 15) is 0 Å². The molecule has 0 spiro atoms. The van der Waals surface area contributed by atoms with Gasteiger partial charge in [-0.2, -0.15) is 0 Å². The molecule has 22 heavy (non-hydrogen) atoms. The second-order valence-corrected chi connectivity index (χ2v) is 6.29. The highest BCUT2D eigenvalue weighted by atomic mass is 127. The summed E-state index contributed by atoms with van der Waals surface area (Å²) in [5.41, 5.74) is 9.32. The van der Waals surface area contributed by atoms with E-state index in [1.165, 1.54) is 16.0 Å². The number of nitrogens with zero attached hydrogens (tertiary/aromatic N) is 2. The summed E-state index contributed by atoms with van der Waals surface area (Å²) in [4.78, 5) is 10.1. The first-order chi connectivity index (χ1) is 10.1. The first-order valence-corrected chi connectivity index (χ1v) is 7.97. The van der Waals surface area contributed by atoms with Gasteiger partial charge in [0.2, 0.25) is 0 Å². The van der Waals surface area contributed by atoms with Crippen LogP contribution in [0.25, 0.3) is 0 Å². The third-order valence-electron chi connectivity index (χ3n) is 3.05. The lowest BCUT2D eigenvalue weighted by molar-refractivity contribution is 0.949. The van der Waals surface area contributed by atoms with Crippen molar-refractivity contribution in [1.29, 1.82) is 0 Å². The van der Waals surface area contributed by atoms with Gasteiger partial charge in [-0.3, -0.25) is 4.99 Å². The molecule has 6 heteroatoms. The van der Waals surface area contributed by atoms with Crippen molar-refractivity contribution >= 4 is 47.0 Å². The second-order valence-electron chi connectivity index (χ2n) is 5.09. The normalized spacial score (nSPS) is 11.1. The summed E-state index contributed by atoms with van der Waals surface area (Å²) >= 11 is 1.75. The lowest BCUT2D eigenvalue weighted by Gasteiger charge is -2.07. The number of hydrogen-bond donors (Lipinski definition) is 2. The molecule has 0 radical (unpaired) electrons. The molecule has 0 atom stereocenters. The van der Waals surface area contributed by atoms with Crippen LogP contribution in [-0.4, -0.2) is 17.5 Å². The molecular weight excluding hydrogens is 407 g/mol. The molecule has 4 nitrogen and oxygen atoms in total. The molecule has 1 aromatic carbocycles. The fraction of sp³-hybridized carbons (Fsp3) is 0.375. The van der Waals surface area contributed by atoms with Gasteiger partial charge in [0.1, 0.15) is 0 Å². The molecular formula is C16H23IN4S. The number of hydrogen-bond acceptors (Lipinski definition) is 3. The van der Waals surface area contributed by atoms with Crippen molar-refractivity contribution in [3.05, 3.63) is 45.4 Å². The van der Waals surface area contributed by atoms with Crippen LogP contribution in [-0.2, 0) is 12.8 Å². The van der Waals surface area contributed by atoms with E-state index in [0.29, 0.717) is 12.5 Å². The summed E-state index contributed by atoms with van der Waals surface area (Å²) in [6.45, 7) is 6.93. The average molecular weight is 430 g/mol. The number of aliphatic imine (C=N–C) groups is 1. The zero-order valence-corrected chi connectivity index (χ0v) is 16.4. The minimum atomic E-state index is 0. The number of nitrogens with one attached hydrogen (secondary N) is 1. The fourth-order valence-corrected chi connectivity index (χ4v) is 2.98. The van der Waals surface area contributed by atoms with Crippen molar-refractivity contribution in [3.8, 4) is 0 Å². The van der Waals surface area contributed by atoms with Crippen LogP contribution in [0, 0.1) is 13.8 Å². The van der Waals surface area contributed by atoms with Gasteiger partial charge in [0.15, 0.2) is 5.96 Å². The molecule has 0 aliphatic heterocycles. The summed E-state index contributed by atoms with van der Waals surface area (Å²) in [7, 11) is 0. The molecule has 2 rings (SSSR count). The van der Waals surface area contributed by atoms with Gasteiger partial charge in [-0.1, -0.05) is 13.0 Å². The Hall–Kier alpha value is -1.15. The van der Waals surface area contributed by atoms with Gasteiger partial charge in [-0.25, -0.2) is 4.98 Å². The highest BCUT2D eigenvalue weighted by Gasteiger charge is 2.01. The molecule has 0 aliphatic carbocycles. The van der Waals surface area contributed by atoms with Crippen LogP contribution in [0.2, 0.25) is 0 Å². The molecule has 3 N–H and O–H groups in total. The maximum Gasteiger partial charge on any atom is 0.193 e. The molecule has 1 heterocycles. The number of thiazole rings is 1. The van der Waals surface area contributed by atoms with Gasteiger partial charge in [-0.15, -0.1) is 35.3 Å². The number of nitrogens with two attached hydrogens (primary N) is 1. The van der Waals surface area contributed by atoms with Gasteiger partial charge in [0, 0.05) is 29.7 Å². The van der Waals surface area contributed by atoms with Crippen molar-refractivity contribution in [2.45, 2.75) is 33.6 Å². The van der Waals surface area contributed by atoms with Crippen LogP contribution in [0.1, 0.15) is 27.9 Å². The monoisotopic (exact) mass is 430 g/mol. The molecule has 0 saturated heterocycles. The largest absolute Gasteiger partial charge is 0.370 e. The van der Waals surface area contributed by atoms with Gasteiger partial charge in [0.05, 0.1) is 5.01 Å². The Labute approximate surface area is 153 Å². The number of benzene rings is 1. The highest BCUT2D eigenvalue weighted by molar-refractivity contribution is 14.0. The average Bonchev–Trinajstić information content (AvgIpc) is 2.85. The highest BCUT2D eigenvalue weighted by Crippen LogP contribution is 2.14. The summed E-state index contributed by atoms with van der Waals surface area (Å²) in [5, 5.41) is 4.26. The molecule has 0 aliphatic rings. The van der Waals surface area contributed by atoms with Crippen LogP contribution < -0.4 is 11.1 Å². The summed E-state index contributed by atoms with van der Waals surface area (Å²) in [6.07, 6.45) is 3.82. The molecule has 0 fully saturated rings. The molecule has 0 unspecified atom stereocenters. The van der Waals surface area contributed by atoms with Crippen LogP contribution in [0.15, 0.2) is 29.4 Å². The minimum Gasteiger partial charge on any atom is -0.370 e. The third kappa shape index (κ3) is 5.92. The molecule has 1 aromatic heterocycles. The summed E-state index contributed by atoms with van der Waals surface area (Å²) < 4.78 is 0. The van der Waals surface area contributed by atoms with Crippen molar-refractivity contribution < 1.29 is 0 Å². The van der Waals surface area contributed by atoms with E-state index < -0.39 is 0 Å². The van der Waals surface area contributed by atoms with Gasteiger partial charge >= 0.3 is 0 Å². The first-order valence-electron chi connectivity index (χ1n) is 7.15. The molecule has 0 saturated carbocycles. The number of aryl methyl sites for hydroxylation is 3. The van der Waals surface area contributed by atoms with E-state index in [0.717, 1.165) is 23.5 Å². The van der Waals surface area contributed by atoms with Crippen molar-refractivity contribution in [2.75, 3.05) is 11.9 Å². The maximum atomic E-state index is 5.92. The summed E-state index contributed by atoms with van der Waals surface area (Å²) in [5.74, 6) is 0.451. The number of guanidine groups is 1. The molecule has 0 bridgehead atoms. The van der Waals surface area contributed by atoms with Crippen molar-refractivity contribution in [1.82, 2.24) is 4.98 Å². The van der Waals surface area contributed by atoms with Gasteiger partial charge in [-0.05, 0) is 43.5 Å². The first kappa shape index (κ1) is 18.9. The van der Waals surface area contributed by atoms with Crippen LogP contribution >= 0.6 is 35.3 Å². The minimum absolute atomic E-state index is 0. The SMILES string of the molecule is CCc1cnc(CCN=C(N)Nc2cc(C)cc(C)c2)s1.I. The Kier molecular flexibility index (Phi) is 7.81. The van der Waals surface area contributed by atoms with E-state index in [2.05, 4.69) is 54.3 Å². The predicted octanol–water partition coefficient (Wildman–Crippen LogP) is 3.91.